The minimum atomic E-state index is -0.347. The molecule has 0 atom stereocenters. The monoisotopic (exact) mass is 287 g/mol. The first-order valence-electron chi connectivity index (χ1n) is 6.62. The fourth-order valence-electron chi connectivity index (χ4n) is 2.60. The molecule has 0 unspecified atom stereocenters. The van der Waals surface area contributed by atoms with Crippen molar-refractivity contribution in [1.82, 2.24) is 9.55 Å². The first kappa shape index (κ1) is 13.5. The molecule has 0 aliphatic rings. The molecule has 0 fully saturated rings. The zero-order valence-corrected chi connectivity index (χ0v) is 11.8. The Morgan fingerprint density at radius 3 is 2.43 bits per heavy atom. The quantitative estimate of drug-likeness (QED) is 0.783. The molecular weight excluding hydrogens is 272 g/mol. The van der Waals surface area contributed by atoms with Crippen molar-refractivity contribution in [2.75, 3.05) is 5.73 Å². The second kappa shape index (κ2) is 4.84. The molecule has 0 aliphatic carbocycles. The molecule has 0 saturated carbocycles. The van der Waals surface area contributed by atoms with Crippen molar-refractivity contribution in [3.05, 3.63) is 58.7 Å². The molecule has 5 heteroatoms. The van der Waals surface area contributed by atoms with E-state index in [4.69, 9.17) is 5.73 Å². The summed E-state index contributed by atoms with van der Waals surface area (Å²) in [6.07, 6.45) is 0. The molecule has 0 saturated heterocycles. The van der Waals surface area contributed by atoms with Crippen LogP contribution in [0.15, 0.2) is 30.3 Å². The predicted molar refractivity (Wildman–Crippen MR) is 79.1 cm³/mol. The Morgan fingerprint density at radius 1 is 1.10 bits per heavy atom. The van der Waals surface area contributed by atoms with Gasteiger partial charge in [-0.1, -0.05) is 12.1 Å². The van der Waals surface area contributed by atoms with Gasteiger partial charge in [0.15, 0.2) is 0 Å². The highest BCUT2D eigenvalue weighted by Crippen LogP contribution is 2.22. The third kappa shape index (κ3) is 2.35. The minimum absolute atomic E-state index is 0.190. The molecule has 2 N–H and O–H groups in total. The molecule has 108 valence electrons. The van der Waals surface area contributed by atoms with Crippen LogP contribution in [-0.2, 0) is 6.54 Å². The molecule has 0 radical (unpaired) electrons. The van der Waals surface area contributed by atoms with Crippen LogP contribution in [0, 0.1) is 25.5 Å². The zero-order chi connectivity index (χ0) is 15.1. The number of hydrogen-bond donors (Lipinski definition) is 1. The number of halogens is 2. The number of nitrogens with zero attached hydrogens (tertiary/aromatic N) is 2. The van der Waals surface area contributed by atoms with E-state index in [1.54, 1.807) is 36.6 Å². The van der Waals surface area contributed by atoms with E-state index in [-0.39, 0.29) is 11.6 Å². The lowest BCUT2D eigenvalue weighted by Crippen LogP contribution is -2.05. The van der Waals surface area contributed by atoms with Gasteiger partial charge in [0.2, 0.25) is 5.95 Å². The number of benzene rings is 2. The Hall–Kier alpha value is -2.43. The third-order valence-electron chi connectivity index (χ3n) is 3.58. The van der Waals surface area contributed by atoms with Gasteiger partial charge >= 0.3 is 0 Å². The van der Waals surface area contributed by atoms with Crippen molar-refractivity contribution in [2.45, 2.75) is 20.4 Å². The summed E-state index contributed by atoms with van der Waals surface area (Å²) < 4.78 is 28.7. The SMILES string of the molecule is Cc1cc(Cn2c(N)nc3cc(F)ccc32)cc(C)c1F. The molecule has 21 heavy (non-hydrogen) atoms. The van der Waals surface area contributed by atoms with Crippen molar-refractivity contribution in [2.24, 2.45) is 0 Å². The number of anilines is 1. The summed E-state index contributed by atoms with van der Waals surface area (Å²) in [7, 11) is 0. The van der Waals surface area contributed by atoms with Gasteiger partial charge in [0, 0.05) is 6.07 Å². The highest BCUT2D eigenvalue weighted by molar-refractivity contribution is 5.78. The van der Waals surface area contributed by atoms with E-state index in [0.717, 1.165) is 11.1 Å². The van der Waals surface area contributed by atoms with Crippen molar-refractivity contribution in [3.63, 3.8) is 0 Å². The summed E-state index contributed by atoms with van der Waals surface area (Å²) in [5.74, 6) is -0.222. The Bertz CT molecular complexity index is 814. The molecule has 1 heterocycles. The van der Waals surface area contributed by atoms with Gasteiger partial charge in [0.1, 0.15) is 11.6 Å². The Morgan fingerprint density at radius 2 is 1.76 bits per heavy atom. The molecule has 0 bridgehead atoms. The van der Waals surface area contributed by atoms with Crippen molar-refractivity contribution in [3.8, 4) is 0 Å². The lowest BCUT2D eigenvalue weighted by atomic mass is 10.1. The average Bonchev–Trinajstić information content (AvgIpc) is 2.71. The summed E-state index contributed by atoms with van der Waals surface area (Å²) in [5.41, 5.74) is 9.31. The predicted octanol–water partition coefficient (Wildman–Crippen LogP) is 3.56. The summed E-state index contributed by atoms with van der Waals surface area (Å²) in [4.78, 5) is 4.16. The normalized spacial score (nSPS) is 11.2. The zero-order valence-electron chi connectivity index (χ0n) is 11.8. The van der Waals surface area contributed by atoms with Gasteiger partial charge in [0.25, 0.3) is 0 Å². The number of nitrogens with two attached hydrogens (primary N) is 1. The van der Waals surface area contributed by atoms with Gasteiger partial charge in [0.05, 0.1) is 17.6 Å². The van der Waals surface area contributed by atoms with Gasteiger partial charge in [-0.3, -0.25) is 0 Å². The molecule has 2 aromatic carbocycles. The van der Waals surface area contributed by atoms with Crippen LogP contribution in [0.2, 0.25) is 0 Å². The second-order valence-corrected chi connectivity index (χ2v) is 5.23. The lowest BCUT2D eigenvalue weighted by Gasteiger charge is -2.10. The molecule has 1 aromatic heterocycles. The maximum atomic E-state index is 13.7. The third-order valence-corrected chi connectivity index (χ3v) is 3.58. The van der Waals surface area contributed by atoms with Gasteiger partial charge in [-0.25, -0.2) is 13.8 Å². The van der Waals surface area contributed by atoms with Gasteiger partial charge in [-0.15, -0.1) is 0 Å². The maximum absolute atomic E-state index is 13.7. The minimum Gasteiger partial charge on any atom is -0.369 e. The van der Waals surface area contributed by atoms with Crippen LogP contribution in [0.1, 0.15) is 16.7 Å². The largest absolute Gasteiger partial charge is 0.369 e. The first-order chi connectivity index (χ1) is 9.95. The molecule has 3 aromatic rings. The van der Waals surface area contributed by atoms with Crippen LogP contribution < -0.4 is 5.73 Å². The fourth-order valence-corrected chi connectivity index (χ4v) is 2.60. The van der Waals surface area contributed by atoms with Crippen LogP contribution in [0.5, 0.6) is 0 Å². The summed E-state index contributed by atoms with van der Waals surface area (Å²) in [5, 5.41) is 0. The number of fused-ring (bicyclic) bond motifs is 1. The molecule has 0 amide bonds. The number of imidazole rings is 1. The van der Waals surface area contributed by atoms with Crippen LogP contribution in [0.25, 0.3) is 11.0 Å². The summed E-state index contributed by atoms with van der Waals surface area (Å²) in [6.45, 7) is 3.93. The highest BCUT2D eigenvalue weighted by atomic mass is 19.1. The van der Waals surface area contributed by atoms with E-state index in [1.807, 2.05) is 0 Å². The Balaban J connectivity index is 2.08. The Labute approximate surface area is 121 Å². The summed E-state index contributed by atoms with van der Waals surface area (Å²) >= 11 is 0. The van der Waals surface area contributed by atoms with Crippen LogP contribution in [0.3, 0.4) is 0 Å². The standard InChI is InChI=1S/C16H15F2N3/c1-9-5-11(6-10(2)15(9)18)8-21-14-4-3-12(17)7-13(14)20-16(21)19/h3-7H,8H2,1-2H3,(H2,19,20). The lowest BCUT2D eigenvalue weighted by molar-refractivity contribution is 0.607. The van der Waals surface area contributed by atoms with Crippen molar-refractivity contribution < 1.29 is 8.78 Å². The van der Waals surface area contributed by atoms with E-state index in [9.17, 15) is 8.78 Å². The van der Waals surface area contributed by atoms with Crippen molar-refractivity contribution in [1.29, 1.82) is 0 Å². The number of nitrogen functional groups attached to an aromatic ring is 1. The van der Waals surface area contributed by atoms with Gasteiger partial charge in [-0.2, -0.15) is 0 Å². The fraction of sp³-hybridized carbons (Fsp3) is 0.188. The van der Waals surface area contributed by atoms with E-state index in [0.29, 0.717) is 29.1 Å². The summed E-state index contributed by atoms with van der Waals surface area (Å²) in [6, 6.07) is 7.95. The van der Waals surface area contributed by atoms with Crippen LogP contribution in [0.4, 0.5) is 14.7 Å². The number of rotatable bonds is 2. The topological polar surface area (TPSA) is 43.8 Å². The smallest absolute Gasteiger partial charge is 0.201 e. The van der Waals surface area contributed by atoms with E-state index in [2.05, 4.69) is 4.98 Å². The molecule has 0 spiro atoms. The first-order valence-corrected chi connectivity index (χ1v) is 6.62. The number of hydrogen-bond acceptors (Lipinski definition) is 2. The number of aryl methyl sites for hydroxylation is 2. The molecular formula is C16H15F2N3. The highest BCUT2D eigenvalue weighted by Gasteiger charge is 2.11. The molecule has 3 rings (SSSR count). The van der Waals surface area contributed by atoms with E-state index < -0.39 is 0 Å². The molecule has 0 aliphatic heterocycles. The molecule has 3 nitrogen and oxygen atoms in total. The Kier molecular flexibility index (Phi) is 3.12. The van der Waals surface area contributed by atoms with Crippen LogP contribution in [-0.4, -0.2) is 9.55 Å². The van der Waals surface area contributed by atoms with Crippen molar-refractivity contribution >= 4 is 17.0 Å². The van der Waals surface area contributed by atoms with Gasteiger partial charge < -0.3 is 10.3 Å². The van der Waals surface area contributed by atoms with E-state index in [1.165, 1.54) is 12.1 Å². The second-order valence-electron chi connectivity index (χ2n) is 5.23. The number of aromatic nitrogens is 2. The average molecular weight is 287 g/mol. The van der Waals surface area contributed by atoms with Gasteiger partial charge in [-0.05, 0) is 42.7 Å². The van der Waals surface area contributed by atoms with E-state index >= 15 is 0 Å². The maximum Gasteiger partial charge on any atom is 0.201 e. The van der Waals surface area contributed by atoms with Crippen LogP contribution >= 0.6 is 0 Å².